The van der Waals surface area contributed by atoms with Crippen molar-refractivity contribution in [2.45, 2.75) is 51.2 Å². The summed E-state index contributed by atoms with van der Waals surface area (Å²) in [6.45, 7) is 7.88. The van der Waals surface area contributed by atoms with Gasteiger partial charge in [0.15, 0.2) is 0 Å². The number of piperidine rings is 1. The topological polar surface area (TPSA) is 53.6 Å². The second-order valence-corrected chi connectivity index (χ2v) is 6.46. The first-order valence-electron chi connectivity index (χ1n) is 7.90. The van der Waals surface area contributed by atoms with E-state index in [1.54, 1.807) is 0 Å². The standard InChI is InChI=1S/C15H29N3O2/c1-4-20-15(2)10-13(15)17-14(19)16-8-7-12-6-5-9-18(3)11-12/h12-13H,4-11H2,1-3H3,(H2,16,17,19)/t12?,13-,15+/m1/s1. The van der Waals surface area contributed by atoms with Gasteiger partial charge in [-0.25, -0.2) is 4.79 Å². The van der Waals surface area contributed by atoms with Gasteiger partial charge in [0, 0.05) is 26.1 Å². The molecule has 1 saturated carbocycles. The van der Waals surface area contributed by atoms with Crippen molar-refractivity contribution < 1.29 is 9.53 Å². The Labute approximate surface area is 122 Å². The first-order chi connectivity index (χ1) is 9.53. The number of rotatable bonds is 6. The normalized spacial score (nSPS) is 33.8. The van der Waals surface area contributed by atoms with Gasteiger partial charge in [-0.1, -0.05) is 0 Å². The first-order valence-corrected chi connectivity index (χ1v) is 7.90. The van der Waals surface area contributed by atoms with E-state index in [0.29, 0.717) is 6.61 Å². The number of carbonyl (C=O) groups excluding carboxylic acids is 1. The summed E-state index contributed by atoms with van der Waals surface area (Å²) in [7, 11) is 2.17. The highest BCUT2D eigenvalue weighted by atomic mass is 16.5. The molecule has 0 spiro atoms. The van der Waals surface area contributed by atoms with E-state index >= 15 is 0 Å². The Morgan fingerprint density at radius 2 is 2.30 bits per heavy atom. The molecular weight excluding hydrogens is 254 g/mol. The summed E-state index contributed by atoms with van der Waals surface area (Å²) in [6, 6.07) is 0.117. The summed E-state index contributed by atoms with van der Waals surface area (Å²) in [5, 5.41) is 5.96. The molecule has 20 heavy (non-hydrogen) atoms. The summed E-state index contributed by atoms with van der Waals surface area (Å²) >= 11 is 0. The second-order valence-electron chi connectivity index (χ2n) is 6.46. The lowest BCUT2D eigenvalue weighted by Crippen LogP contribution is -2.41. The molecule has 0 aromatic heterocycles. The molecule has 5 nitrogen and oxygen atoms in total. The first kappa shape index (κ1) is 15.6. The average molecular weight is 283 g/mol. The zero-order chi connectivity index (χ0) is 14.6. The molecule has 2 N–H and O–H groups in total. The molecule has 116 valence electrons. The van der Waals surface area contributed by atoms with Crippen LogP contribution in [0, 0.1) is 5.92 Å². The summed E-state index contributed by atoms with van der Waals surface area (Å²) in [5.41, 5.74) is -0.141. The minimum atomic E-state index is -0.141. The van der Waals surface area contributed by atoms with Crippen molar-refractivity contribution in [2.24, 2.45) is 5.92 Å². The number of nitrogens with one attached hydrogen (secondary N) is 2. The zero-order valence-electron chi connectivity index (χ0n) is 13.1. The third-order valence-electron chi connectivity index (χ3n) is 4.53. The van der Waals surface area contributed by atoms with Crippen LogP contribution in [0.3, 0.4) is 0 Å². The van der Waals surface area contributed by atoms with Crippen LogP contribution in [0.1, 0.15) is 39.5 Å². The predicted octanol–water partition coefficient (Wildman–Crippen LogP) is 1.58. The Bertz CT molecular complexity index is 337. The second kappa shape index (κ2) is 6.76. The maximum Gasteiger partial charge on any atom is 0.315 e. The Kier molecular flexibility index (Phi) is 5.27. The van der Waals surface area contributed by atoms with Crippen LogP contribution >= 0.6 is 0 Å². The number of urea groups is 1. The molecule has 2 amide bonds. The summed E-state index contributed by atoms with van der Waals surface area (Å²) in [4.78, 5) is 14.2. The van der Waals surface area contributed by atoms with Gasteiger partial charge < -0.3 is 20.3 Å². The summed E-state index contributed by atoms with van der Waals surface area (Å²) < 4.78 is 5.62. The molecule has 1 saturated heterocycles. The zero-order valence-corrected chi connectivity index (χ0v) is 13.1. The van der Waals surface area contributed by atoms with Gasteiger partial charge in [-0.2, -0.15) is 0 Å². The summed E-state index contributed by atoms with van der Waals surface area (Å²) in [5.74, 6) is 0.726. The van der Waals surface area contributed by atoms with Crippen molar-refractivity contribution in [3.05, 3.63) is 0 Å². The number of hydrogen-bond acceptors (Lipinski definition) is 3. The lowest BCUT2D eigenvalue weighted by Gasteiger charge is -2.29. The van der Waals surface area contributed by atoms with Gasteiger partial charge in [0.25, 0.3) is 0 Å². The van der Waals surface area contributed by atoms with Crippen LogP contribution in [-0.2, 0) is 4.74 Å². The molecule has 2 rings (SSSR count). The van der Waals surface area contributed by atoms with Gasteiger partial charge in [-0.3, -0.25) is 0 Å². The van der Waals surface area contributed by atoms with Crippen LogP contribution in [-0.4, -0.2) is 55.9 Å². The van der Waals surface area contributed by atoms with Crippen molar-refractivity contribution in [3.8, 4) is 0 Å². The van der Waals surface area contributed by atoms with Crippen molar-refractivity contribution in [1.29, 1.82) is 0 Å². The number of carbonyl (C=O) groups is 1. The Hall–Kier alpha value is -0.810. The monoisotopic (exact) mass is 283 g/mol. The van der Waals surface area contributed by atoms with Gasteiger partial charge in [-0.15, -0.1) is 0 Å². The highest BCUT2D eigenvalue weighted by Crippen LogP contribution is 2.39. The quantitative estimate of drug-likeness (QED) is 0.778. The molecule has 1 unspecified atom stereocenters. The number of ether oxygens (including phenoxy) is 1. The largest absolute Gasteiger partial charge is 0.373 e. The van der Waals surface area contributed by atoms with Gasteiger partial charge in [-0.05, 0) is 52.6 Å². The minimum absolute atomic E-state index is 0.0532. The van der Waals surface area contributed by atoms with E-state index in [9.17, 15) is 4.79 Å². The Balaban J connectivity index is 1.57. The van der Waals surface area contributed by atoms with Crippen LogP contribution in [0.2, 0.25) is 0 Å². The molecule has 2 aliphatic rings. The van der Waals surface area contributed by atoms with Gasteiger partial charge in [0.2, 0.25) is 0 Å². The maximum atomic E-state index is 11.8. The van der Waals surface area contributed by atoms with E-state index in [1.165, 1.54) is 19.4 Å². The van der Waals surface area contributed by atoms with Crippen LogP contribution in [0.4, 0.5) is 4.79 Å². The SMILES string of the molecule is CCO[C@@]1(C)C[C@H]1NC(=O)NCCC1CCCN(C)C1. The van der Waals surface area contributed by atoms with Crippen molar-refractivity contribution in [3.63, 3.8) is 0 Å². The molecule has 3 atom stereocenters. The van der Waals surface area contributed by atoms with E-state index in [4.69, 9.17) is 4.74 Å². The van der Waals surface area contributed by atoms with Gasteiger partial charge in [0.05, 0.1) is 11.6 Å². The van der Waals surface area contributed by atoms with E-state index in [0.717, 1.165) is 31.8 Å². The molecule has 0 aromatic carbocycles. The van der Waals surface area contributed by atoms with Crippen molar-refractivity contribution >= 4 is 6.03 Å². The molecule has 0 bridgehead atoms. The van der Waals surface area contributed by atoms with E-state index in [1.807, 2.05) is 6.92 Å². The maximum absolute atomic E-state index is 11.8. The van der Waals surface area contributed by atoms with Crippen LogP contribution in [0.5, 0.6) is 0 Å². The fourth-order valence-electron chi connectivity index (χ4n) is 3.15. The fraction of sp³-hybridized carbons (Fsp3) is 0.933. The molecule has 1 aliphatic carbocycles. The summed E-state index contributed by atoms with van der Waals surface area (Å²) in [6.07, 6.45) is 4.56. The average Bonchev–Trinajstić information content (AvgIpc) is 2.99. The molecule has 1 heterocycles. The van der Waals surface area contributed by atoms with Crippen LogP contribution in [0.15, 0.2) is 0 Å². The molecule has 2 fully saturated rings. The third kappa shape index (κ3) is 4.35. The molecule has 0 aromatic rings. The molecule has 1 aliphatic heterocycles. The number of hydrogen-bond donors (Lipinski definition) is 2. The molecular formula is C15H29N3O2. The van der Waals surface area contributed by atoms with E-state index < -0.39 is 0 Å². The molecule has 0 radical (unpaired) electrons. The smallest absolute Gasteiger partial charge is 0.315 e. The lowest BCUT2D eigenvalue weighted by molar-refractivity contribution is 0.0492. The Morgan fingerprint density at radius 3 is 3.00 bits per heavy atom. The third-order valence-corrected chi connectivity index (χ3v) is 4.53. The lowest BCUT2D eigenvalue weighted by atomic mass is 9.95. The fourth-order valence-corrected chi connectivity index (χ4v) is 3.15. The van der Waals surface area contributed by atoms with Crippen LogP contribution in [0.25, 0.3) is 0 Å². The molecule has 5 heteroatoms. The minimum Gasteiger partial charge on any atom is -0.373 e. The number of amides is 2. The van der Waals surface area contributed by atoms with Crippen LogP contribution < -0.4 is 10.6 Å². The van der Waals surface area contributed by atoms with Gasteiger partial charge in [0.1, 0.15) is 0 Å². The number of nitrogens with zero attached hydrogens (tertiary/aromatic N) is 1. The number of likely N-dealkylation sites (tertiary alicyclic amines) is 1. The predicted molar refractivity (Wildman–Crippen MR) is 79.8 cm³/mol. The van der Waals surface area contributed by atoms with E-state index in [-0.39, 0.29) is 17.7 Å². The van der Waals surface area contributed by atoms with Crippen molar-refractivity contribution in [1.82, 2.24) is 15.5 Å². The Morgan fingerprint density at radius 1 is 1.50 bits per heavy atom. The highest BCUT2D eigenvalue weighted by Gasteiger charge is 2.52. The van der Waals surface area contributed by atoms with E-state index in [2.05, 4.69) is 29.5 Å². The van der Waals surface area contributed by atoms with Gasteiger partial charge >= 0.3 is 6.03 Å². The highest BCUT2D eigenvalue weighted by molar-refractivity contribution is 5.74. The van der Waals surface area contributed by atoms with Crippen molar-refractivity contribution in [2.75, 3.05) is 33.3 Å².